The summed E-state index contributed by atoms with van der Waals surface area (Å²) in [5.74, 6) is 0. The predicted molar refractivity (Wildman–Crippen MR) is 103 cm³/mol. The zero-order valence-corrected chi connectivity index (χ0v) is 14.6. The minimum atomic E-state index is -0.363. The van der Waals surface area contributed by atoms with Gasteiger partial charge in [-0.15, -0.1) is 0 Å². The number of non-ortho nitro benzene ring substituents is 1. The number of fused-ring (bicyclic) bond motifs is 3. The van der Waals surface area contributed by atoms with Crippen LogP contribution < -0.4 is 0 Å². The van der Waals surface area contributed by atoms with Crippen molar-refractivity contribution in [3.63, 3.8) is 0 Å². The summed E-state index contributed by atoms with van der Waals surface area (Å²) in [6, 6.07) is 11.4. The summed E-state index contributed by atoms with van der Waals surface area (Å²) in [7, 11) is 0. The SMILES string of the molecule is O=[N+]([O-])c1cc2c[nH]n(C3CCCCO3)c2c2c(-c3ccccc3)cnc12. The first-order chi connectivity index (χ1) is 13.2. The number of nitrogens with zero attached hydrogens (tertiary/aromatic N) is 3. The van der Waals surface area contributed by atoms with Crippen LogP contribution >= 0.6 is 0 Å². The molecule has 5 rings (SSSR count). The topological polar surface area (TPSA) is 86.0 Å². The minimum Gasteiger partial charge on any atom is -0.357 e. The summed E-state index contributed by atoms with van der Waals surface area (Å²) in [4.78, 5) is 15.7. The molecule has 1 fully saturated rings. The lowest BCUT2D eigenvalue weighted by molar-refractivity contribution is -0.383. The summed E-state index contributed by atoms with van der Waals surface area (Å²) < 4.78 is 7.95. The number of ether oxygens (including phenoxy) is 1. The van der Waals surface area contributed by atoms with Crippen molar-refractivity contribution >= 4 is 27.5 Å². The molecule has 0 amide bonds. The van der Waals surface area contributed by atoms with Gasteiger partial charge in [-0.2, -0.15) is 0 Å². The monoisotopic (exact) mass is 362 g/mol. The summed E-state index contributed by atoms with van der Waals surface area (Å²) >= 11 is 0. The molecular weight excluding hydrogens is 344 g/mol. The normalized spacial score (nSPS) is 17.6. The second-order valence-electron chi connectivity index (χ2n) is 6.82. The third kappa shape index (κ3) is 2.50. The van der Waals surface area contributed by atoms with Crippen LogP contribution in [-0.4, -0.2) is 26.3 Å². The summed E-state index contributed by atoms with van der Waals surface area (Å²) in [6.45, 7) is 0.721. The predicted octanol–water partition coefficient (Wildman–Crippen LogP) is 4.79. The molecule has 1 aliphatic rings. The highest BCUT2D eigenvalue weighted by molar-refractivity contribution is 6.15. The van der Waals surface area contributed by atoms with Crippen LogP contribution in [0.3, 0.4) is 0 Å². The Hall–Kier alpha value is -3.19. The van der Waals surface area contributed by atoms with Gasteiger partial charge in [0, 0.05) is 41.4 Å². The lowest BCUT2D eigenvalue weighted by Crippen LogP contribution is -2.19. The molecule has 1 atom stereocenters. The smallest absolute Gasteiger partial charge is 0.296 e. The first kappa shape index (κ1) is 16.0. The van der Waals surface area contributed by atoms with Crippen molar-refractivity contribution in [3.05, 3.63) is 58.9 Å². The summed E-state index contributed by atoms with van der Waals surface area (Å²) in [5, 5.41) is 16.5. The number of hydrogen-bond acceptors (Lipinski definition) is 4. The summed E-state index contributed by atoms with van der Waals surface area (Å²) in [5.41, 5.74) is 3.22. The molecule has 0 spiro atoms. The maximum atomic E-state index is 11.6. The average Bonchev–Trinajstić information content (AvgIpc) is 3.32. The van der Waals surface area contributed by atoms with Gasteiger partial charge in [0.1, 0.15) is 6.23 Å². The molecule has 27 heavy (non-hydrogen) atoms. The number of benzene rings is 2. The standard InChI is InChI=1S/C20H18N4O3/c25-24(26)16-10-14-11-22-23(17-8-4-5-9-27-17)20(14)18-15(12-21-19(16)18)13-6-2-1-3-7-13/h1-3,6-7,10-12,17,22H,4-5,8-9H2. The summed E-state index contributed by atoms with van der Waals surface area (Å²) in [6.07, 6.45) is 6.50. The van der Waals surface area contributed by atoms with Crippen molar-refractivity contribution in [2.24, 2.45) is 0 Å². The van der Waals surface area contributed by atoms with Gasteiger partial charge >= 0.3 is 0 Å². The molecule has 1 saturated heterocycles. The Bertz CT molecular complexity index is 1140. The van der Waals surface area contributed by atoms with Crippen molar-refractivity contribution in [3.8, 4) is 11.1 Å². The number of nitrogens with one attached hydrogen (secondary N) is 1. The maximum Gasteiger partial charge on any atom is 0.296 e. The van der Waals surface area contributed by atoms with E-state index < -0.39 is 0 Å². The van der Waals surface area contributed by atoms with E-state index in [2.05, 4.69) is 10.1 Å². The fourth-order valence-corrected chi connectivity index (χ4v) is 3.95. The second kappa shape index (κ2) is 6.21. The van der Waals surface area contributed by atoms with Crippen molar-refractivity contribution < 1.29 is 9.66 Å². The molecule has 2 aromatic heterocycles. The van der Waals surface area contributed by atoms with E-state index in [4.69, 9.17) is 4.74 Å². The Labute approximate surface area is 154 Å². The van der Waals surface area contributed by atoms with Crippen LogP contribution in [0.15, 0.2) is 48.8 Å². The van der Waals surface area contributed by atoms with Crippen molar-refractivity contribution in [1.29, 1.82) is 0 Å². The van der Waals surface area contributed by atoms with Crippen LogP contribution in [0.5, 0.6) is 0 Å². The molecule has 1 aliphatic heterocycles. The lowest BCUT2D eigenvalue weighted by atomic mass is 10.0. The van der Waals surface area contributed by atoms with Gasteiger partial charge in [0.05, 0.1) is 10.4 Å². The molecule has 3 heterocycles. The van der Waals surface area contributed by atoms with E-state index >= 15 is 0 Å². The van der Waals surface area contributed by atoms with Crippen LogP contribution in [-0.2, 0) is 4.74 Å². The molecule has 136 valence electrons. The Kier molecular flexibility index (Phi) is 3.68. The molecule has 7 heteroatoms. The van der Waals surface area contributed by atoms with Gasteiger partial charge in [-0.25, -0.2) is 4.98 Å². The van der Waals surface area contributed by atoms with Crippen LogP contribution in [0.2, 0.25) is 0 Å². The first-order valence-corrected chi connectivity index (χ1v) is 9.06. The van der Waals surface area contributed by atoms with E-state index in [0.29, 0.717) is 5.52 Å². The van der Waals surface area contributed by atoms with E-state index in [-0.39, 0.29) is 16.8 Å². The van der Waals surface area contributed by atoms with E-state index in [1.807, 2.05) is 41.2 Å². The second-order valence-corrected chi connectivity index (χ2v) is 6.82. The minimum absolute atomic E-state index is 0.0235. The largest absolute Gasteiger partial charge is 0.357 e. The zero-order chi connectivity index (χ0) is 18.4. The molecule has 0 radical (unpaired) electrons. The molecular formula is C20H18N4O3. The van der Waals surface area contributed by atoms with Crippen LogP contribution in [0.4, 0.5) is 5.69 Å². The van der Waals surface area contributed by atoms with Gasteiger partial charge in [-0.3, -0.25) is 14.8 Å². The van der Waals surface area contributed by atoms with E-state index in [0.717, 1.165) is 53.3 Å². The first-order valence-electron chi connectivity index (χ1n) is 9.06. The van der Waals surface area contributed by atoms with Crippen LogP contribution in [0.25, 0.3) is 32.9 Å². The highest BCUT2D eigenvalue weighted by atomic mass is 16.6. The van der Waals surface area contributed by atoms with Gasteiger partial charge in [-0.05, 0) is 24.8 Å². The Balaban J connectivity index is 1.85. The van der Waals surface area contributed by atoms with Crippen LogP contribution in [0.1, 0.15) is 25.5 Å². The fraction of sp³-hybridized carbons (Fsp3) is 0.250. The van der Waals surface area contributed by atoms with Gasteiger partial charge in [0.2, 0.25) is 0 Å². The Morgan fingerprint density at radius 3 is 2.85 bits per heavy atom. The van der Waals surface area contributed by atoms with Crippen molar-refractivity contribution in [2.45, 2.75) is 25.5 Å². The molecule has 1 N–H and O–H groups in total. The number of nitro benzene ring substituents is 1. The van der Waals surface area contributed by atoms with Gasteiger partial charge in [0.15, 0.2) is 5.52 Å². The number of aromatic amines is 1. The number of nitro groups is 1. The fourth-order valence-electron chi connectivity index (χ4n) is 3.95. The highest BCUT2D eigenvalue weighted by Gasteiger charge is 2.26. The maximum absolute atomic E-state index is 11.6. The molecule has 7 nitrogen and oxygen atoms in total. The van der Waals surface area contributed by atoms with Gasteiger partial charge < -0.3 is 9.84 Å². The van der Waals surface area contributed by atoms with Crippen molar-refractivity contribution in [1.82, 2.24) is 14.8 Å². The molecule has 0 aliphatic carbocycles. The van der Waals surface area contributed by atoms with E-state index in [9.17, 15) is 10.1 Å². The number of rotatable bonds is 3. The van der Waals surface area contributed by atoms with Crippen LogP contribution in [0, 0.1) is 10.1 Å². The highest BCUT2D eigenvalue weighted by Crippen LogP contribution is 2.40. The third-order valence-corrected chi connectivity index (χ3v) is 5.20. The molecule has 4 aromatic rings. The number of H-pyrrole nitrogens is 1. The van der Waals surface area contributed by atoms with Gasteiger partial charge in [-0.1, -0.05) is 30.3 Å². The Morgan fingerprint density at radius 2 is 2.11 bits per heavy atom. The average molecular weight is 362 g/mol. The molecule has 1 unspecified atom stereocenters. The quantitative estimate of drug-likeness (QED) is 0.419. The number of hydrogen-bond donors (Lipinski definition) is 1. The number of aromatic nitrogens is 3. The molecule has 0 bridgehead atoms. The van der Waals surface area contributed by atoms with E-state index in [1.165, 1.54) is 0 Å². The van der Waals surface area contributed by atoms with Gasteiger partial charge in [0.25, 0.3) is 5.69 Å². The van der Waals surface area contributed by atoms with Crippen molar-refractivity contribution in [2.75, 3.05) is 6.61 Å². The van der Waals surface area contributed by atoms with E-state index in [1.54, 1.807) is 12.3 Å². The lowest BCUT2D eigenvalue weighted by Gasteiger charge is -2.24. The Morgan fingerprint density at radius 1 is 1.26 bits per heavy atom. The third-order valence-electron chi connectivity index (χ3n) is 5.20. The zero-order valence-electron chi connectivity index (χ0n) is 14.6. The molecule has 2 aromatic carbocycles. The molecule has 0 saturated carbocycles.